The van der Waals surface area contributed by atoms with Gasteiger partial charge < -0.3 is 29.7 Å². The summed E-state index contributed by atoms with van der Waals surface area (Å²) >= 11 is 0. The molecule has 1 aromatic carbocycles. The summed E-state index contributed by atoms with van der Waals surface area (Å²) in [5.74, 6) is 0.782. The van der Waals surface area contributed by atoms with Gasteiger partial charge in [-0.25, -0.2) is 4.98 Å². The van der Waals surface area contributed by atoms with Gasteiger partial charge in [-0.05, 0) is 0 Å². The van der Waals surface area contributed by atoms with Gasteiger partial charge in [-0.15, -0.1) is 0 Å². The van der Waals surface area contributed by atoms with Crippen molar-refractivity contribution in [2.24, 2.45) is 0 Å². The standard InChI is InChI=1S/C13H17N3O4/c1-19-10-5-8-9(6-11(10)20-2)16(4-3-13(17)18)12(7-14)15-8/h5-6H,3-4,7,14H2,1-2H3,(H,17,18). The number of aryl methyl sites for hydroxylation is 1. The van der Waals surface area contributed by atoms with Gasteiger partial charge >= 0.3 is 0 Å². The first-order valence-corrected chi connectivity index (χ1v) is 6.21. The summed E-state index contributed by atoms with van der Waals surface area (Å²) in [7, 11) is 3.10. The van der Waals surface area contributed by atoms with Crippen molar-refractivity contribution in [1.82, 2.24) is 9.55 Å². The largest absolute Gasteiger partial charge is 0.550 e. The van der Waals surface area contributed by atoms with Crippen molar-refractivity contribution >= 4 is 17.0 Å². The first-order valence-electron chi connectivity index (χ1n) is 6.21. The molecular weight excluding hydrogens is 262 g/mol. The smallest absolute Gasteiger partial charge is 0.165 e. The van der Waals surface area contributed by atoms with E-state index >= 15 is 0 Å². The molecule has 0 amide bonds. The summed E-state index contributed by atoms with van der Waals surface area (Å²) in [5, 5.41) is 10.6. The van der Waals surface area contributed by atoms with Gasteiger partial charge in [0.2, 0.25) is 0 Å². The molecule has 108 valence electrons. The molecule has 0 atom stereocenters. The van der Waals surface area contributed by atoms with E-state index in [-0.39, 0.29) is 6.42 Å². The minimum atomic E-state index is -1.10. The number of quaternary nitrogens is 1. The number of aromatic nitrogens is 2. The van der Waals surface area contributed by atoms with Gasteiger partial charge in [0.25, 0.3) is 0 Å². The van der Waals surface area contributed by atoms with Crippen LogP contribution in [0, 0.1) is 0 Å². The highest BCUT2D eigenvalue weighted by atomic mass is 16.5. The normalized spacial score (nSPS) is 10.8. The average Bonchev–Trinajstić information content (AvgIpc) is 2.79. The highest BCUT2D eigenvalue weighted by molar-refractivity contribution is 5.81. The molecule has 1 heterocycles. The summed E-state index contributed by atoms with van der Waals surface area (Å²) < 4.78 is 12.3. The van der Waals surface area contributed by atoms with Crippen LogP contribution in [-0.2, 0) is 17.9 Å². The molecule has 0 aliphatic carbocycles. The molecule has 20 heavy (non-hydrogen) atoms. The number of ether oxygens (including phenoxy) is 2. The van der Waals surface area contributed by atoms with Gasteiger partial charge in [0.05, 0.1) is 25.3 Å². The Morgan fingerprint density at radius 3 is 2.55 bits per heavy atom. The van der Waals surface area contributed by atoms with Crippen LogP contribution in [0.4, 0.5) is 0 Å². The summed E-state index contributed by atoms with van der Waals surface area (Å²) in [6.07, 6.45) is -0.0766. The molecule has 0 radical (unpaired) electrons. The lowest BCUT2D eigenvalue weighted by Crippen LogP contribution is -2.48. The van der Waals surface area contributed by atoms with Crippen molar-refractivity contribution in [3.63, 3.8) is 0 Å². The van der Waals surface area contributed by atoms with Crippen molar-refractivity contribution in [2.75, 3.05) is 14.2 Å². The number of methoxy groups -OCH3 is 2. The minimum absolute atomic E-state index is 0.0766. The first-order chi connectivity index (χ1) is 9.60. The lowest BCUT2D eigenvalue weighted by Gasteiger charge is -2.10. The highest BCUT2D eigenvalue weighted by Gasteiger charge is 2.15. The summed E-state index contributed by atoms with van der Waals surface area (Å²) in [6, 6.07) is 3.55. The molecule has 2 rings (SSSR count). The van der Waals surface area contributed by atoms with Crippen molar-refractivity contribution < 1.29 is 25.1 Å². The summed E-state index contributed by atoms with van der Waals surface area (Å²) in [6.45, 7) is 0.755. The Bertz CT molecular complexity index is 636. The number of rotatable bonds is 6. The lowest BCUT2D eigenvalue weighted by atomic mass is 10.2. The fourth-order valence-electron chi connectivity index (χ4n) is 2.15. The van der Waals surface area contributed by atoms with E-state index in [0.717, 1.165) is 16.9 Å². The molecule has 0 aliphatic rings. The third kappa shape index (κ3) is 2.53. The first kappa shape index (κ1) is 14.1. The Morgan fingerprint density at radius 2 is 2.00 bits per heavy atom. The summed E-state index contributed by atoms with van der Waals surface area (Å²) in [4.78, 5) is 15.1. The van der Waals surface area contributed by atoms with Crippen LogP contribution >= 0.6 is 0 Å². The van der Waals surface area contributed by atoms with Gasteiger partial charge in [0.15, 0.2) is 17.3 Å². The van der Waals surface area contributed by atoms with E-state index in [9.17, 15) is 9.90 Å². The van der Waals surface area contributed by atoms with E-state index in [4.69, 9.17) is 9.47 Å². The van der Waals surface area contributed by atoms with E-state index in [1.54, 1.807) is 26.4 Å². The number of aliphatic carboxylic acids is 1. The third-order valence-electron chi connectivity index (χ3n) is 3.10. The molecule has 0 aliphatic heterocycles. The average molecular weight is 279 g/mol. The Balaban J connectivity index is 2.55. The number of hydrogen-bond donors (Lipinski definition) is 1. The second-order valence-corrected chi connectivity index (χ2v) is 4.25. The number of nitrogens with zero attached hydrogens (tertiary/aromatic N) is 2. The Labute approximate surface area is 115 Å². The topological polar surface area (TPSA) is 104 Å². The molecule has 2 aromatic rings. The van der Waals surface area contributed by atoms with Crippen LogP contribution in [0.5, 0.6) is 11.5 Å². The number of hydrogen-bond acceptors (Lipinski definition) is 5. The predicted octanol–water partition coefficient (Wildman–Crippen LogP) is -1.06. The Morgan fingerprint density at radius 1 is 1.35 bits per heavy atom. The second-order valence-electron chi connectivity index (χ2n) is 4.25. The van der Waals surface area contributed by atoms with Crippen LogP contribution in [0.25, 0.3) is 11.0 Å². The van der Waals surface area contributed by atoms with Crippen molar-refractivity contribution in [1.29, 1.82) is 0 Å². The monoisotopic (exact) mass is 279 g/mol. The Kier molecular flexibility index (Phi) is 4.09. The van der Waals surface area contributed by atoms with Crippen LogP contribution in [-0.4, -0.2) is 29.7 Å². The van der Waals surface area contributed by atoms with E-state index in [1.165, 1.54) is 0 Å². The van der Waals surface area contributed by atoms with E-state index in [2.05, 4.69) is 10.7 Å². The molecule has 0 saturated carbocycles. The SMILES string of the molecule is COc1cc2nc(C[NH3+])n(CCC(=O)[O-])c2cc1OC. The lowest BCUT2D eigenvalue weighted by molar-refractivity contribution is -0.388. The number of carboxylic acid groups (broad SMARTS) is 1. The van der Waals surface area contributed by atoms with Crippen molar-refractivity contribution in [3.8, 4) is 11.5 Å². The zero-order valence-corrected chi connectivity index (χ0v) is 11.5. The van der Waals surface area contributed by atoms with Gasteiger partial charge in [-0.2, -0.15) is 0 Å². The molecule has 0 unspecified atom stereocenters. The fourth-order valence-corrected chi connectivity index (χ4v) is 2.15. The molecule has 7 heteroatoms. The maximum atomic E-state index is 10.6. The summed E-state index contributed by atoms with van der Waals surface area (Å²) in [5.41, 5.74) is 5.33. The van der Waals surface area contributed by atoms with Gasteiger partial charge in [0.1, 0.15) is 6.54 Å². The molecule has 0 spiro atoms. The van der Waals surface area contributed by atoms with Crippen molar-refractivity contribution in [3.05, 3.63) is 18.0 Å². The molecule has 3 N–H and O–H groups in total. The number of benzene rings is 1. The van der Waals surface area contributed by atoms with Crippen LogP contribution in [0.2, 0.25) is 0 Å². The van der Waals surface area contributed by atoms with E-state index < -0.39 is 5.97 Å². The maximum Gasteiger partial charge on any atom is 0.165 e. The number of carboxylic acids is 1. The molecule has 0 fully saturated rings. The predicted molar refractivity (Wildman–Crippen MR) is 69.1 cm³/mol. The maximum absolute atomic E-state index is 10.6. The van der Waals surface area contributed by atoms with Gasteiger partial charge in [0, 0.05) is 31.1 Å². The van der Waals surface area contributed by atoms with Crippen LogP contribution in [0.1, 0.15) is 12.2 Å². The third-order valence-corrected chi connectivity index (χ3v) is 3.10. The van der Waals surface area contributed by atoms with E-state index in [0.29, 0.717) is 24.6 Å². The highest BCUT2D eigenvalue weighted by Crippen LogP contribution is 2.32. The quantitative estimate of drug-likeness (QED) is 0.725. The number of carbonyl (C=O) groups is 1. The molecular formula is C13H17N3O4. The molecule has 1 aromatic heterocycles. The fraction of sp³-hybridized carbons (Fsp3) is 0.385. The van der Waals surface area contributed by atoms with Crippen LogP contribution in [0.3, 0.4) is 0 Å². The molecule has 0 saturated heterocycles. The van der Waals surface area contributed by atoms with Crippen LogP contribution in [0.15, 0.2) is 12.1 Å². The van der Waals surface area contributed by atoms with Crippen molar-refractivity contribution in [2.45, 2.75) is 19.5 Å². The Hall–Kier alpha value is -2.28. The van der Waals surface area contributed by atoms with Crippen LogP contribution < -0.4 is 20.3 Å². The minimum Gasteiger partial charge on any atom is -0.550 e. The molecule has 7 nitrogen and oxygen atoms in total. The number of fused-ring (bicyclic) bond motifs is 1. The zero-order chi connectivity index (χ0) is 14.7. The molecule has 0 bridgehead atoms. The number of imidazole rings is 1. The zero-order valence-electron chi connectivity index (χ0n) is 11.5. The van der Waals surface area contributed by atoms with Gasteiger partial charge in [-0.3, -0.25) is 0 Å². The second kappa shape index (κ2) is 5.79. The number of carbonyl (C=O) groups excluding carboxylic acids is 1. The van der Waals surface area contributed by atoms with Gasteiger partial charge in [-0.1, -0.05) is 0 Å². The van der Waals surface area contributed by atoms with E-state index in [1.807, 2.05) is 4.57 Å².